The highest BCUT2D eigenvalue weighted by Gasteiger charge is 1.99. The Hall–Kier alpha value is -1.86. The maximum Gasteiger partial charge on any atom is 0.000992 e. The van der Waals surface area contributed by atoms with Crippen LogP contribution in [0.1, 0.15) is 23.1 Å². The van der Waals surface area contributed by atoms with Crippen LogP contribution in [0.4, 0.5) is 0 Å². The van der Waals surface area contributed by atoms with Gasteiger partial charge < -0.3 is 4.90 Å². The Morgan fingerprint density at radius 3 is 2.33 bits per heavy atom. The molecule has 0 spiro atoms. The van der Waals surface area contributed by atoms with Crippen LogP contribution in [0.5, 0.6) is 0 Å². The van der Waals surface area contributed by atoms with E-state index in [1.807, 2.05) is 0 Å². The van der Waals surface area contributed by atoms with E-state index in [1.165, 1.54) is 16.7 Å². The fourth-order valence-electron chi connectivity index (χ4n) is 2.39. The van der Waals surface area contributed by atoms with Gasteiger partial charge in [0.05, 0.1) is 0 Å². The van der Waals surface area contributed by atoms with Crippen molar-refractivity contribution in [2.75, 3.05) is 20.6 Å². The maximum atomic E-state index is 2.28. The van der Waals surface area contributed by atoms with Gasteiger partial charge in [-0.05, 0) is 50.0 Å². The lowest BCUT2D eigenvalue weighted by molar-refractivity contribution is 0.417. The summed E-state index contributed by atoms with van der Waals surface area (Å²) in [6.07, 6.45) is 7.84. The summed E-state index contributed by atoms with van der Waals surface area (Å²) in [7, 11) is 4.23. The Kier molecular flexibility index (Phi) is 6.23. The van der Waals surface area contributed by atoms with Crippen molar-refractivity contribution >= 4 is 6.08 Å². The Balaban J connectivity index is 1.96. The van der Waals surface area contributed by atoms with E-state index in [9.17, 15) is 0 Å². The second kappa shape index (κ2) is 8.43. The summed E-state index contributed by atoms with van der Waals surface area (Å²) in [6.45, 7) is 1.10. The van der Waals surface area contributed by atoms with Gasteiger partial charge in [-0.3, -0.25) is 0 Å². The minimum absolute atomic E-state index is 1.10. The normalized spacial score (nSPS) is 11.4. The zero-order valence-electron chi connectivity index (χ0n) is 13.1. The molecule has 0 radical (unpaired) electrons. The van der Waals surface area contributed by atoms with Gasteiger partial charge in [0.2, 0.25) is 0 Å². The number of nitrogens with zero attached hydrogens (tertiary/aromatic N) is 1. The maximum absolute atomic E-state index is 2.28. The number of aryl methyl sites for hydroxylation is 2. The SMILES string of the molecule is CN(C)CC/C=C/c1ccccc1CCc1ccccc1. The molecule has 0 heterocycles. The molecule has 0 saturated carbocycles. The Morgan fingerprint density at radius 2 is 1.57 bits per heavy atom. The van der Waals surface area contributed by atoms with E-state index in [1.54, 1.807) is 0 Å². The van der Waals surface area contributed by atoms with Crippen molar-refractivity contribution in [2.45, 2.75) is 19.3 Å². The van der Waals surface area contributed by atoms with Crippen LogP contribution in [0.25, 0.3) is 6.08 Å². The molecule has 0 bridgehead atoms. The Morgan fingerprint density at radius 1 is 0.857 bits per heavy atom. The van der Waals surface area contributed by atoms with Gasteiger partial charge in [0.1, 0.15) is 0 Å². The molecule has 0 aliphatic carbocycles. The average molecular weight is 279 g/mol. The molecule has 2 rings (SSSR count). The van der Waals surface area contributed by atoms with E-state index < -0.39 is 0 Å². The summed E-state index contributed by atoms with van der Waals surface area (Å²) in [6, 6.07) is 19.4. The summed E-state index contributed by atoms with van der Waals surface area (Å²) >= 11 is 0. The Labute approximate surface area is 128 Å². The highest BCUT2D eigenvalue weighted by molar-refractivity contribution is 5.53. The summed E-state index contributed by atoms with van der Waals surface area (Å²) in [4.78, 5) is 2.21. The van der Waals surface area contributed by atoms with Crippen molar-refractivity contribution in [1.29, 1.82) is 0 Å². The summed E-state index contributed by atoms with van der Waals surface area (Å²) in [5.74, 6) is 0. The predicted octanol–water partition coefficient (Wildman–Crippen LogP) is 4.44. The lowest BCUT2D eigenvalue weighted by Gasteiger charge is -2.08. The van der Waals surface area contributed by atoms with Crippen LogP contribution >= 0.6 is 0 Å². The molecule has 2 aromatic carbocycles. The Bertz CT molecular complexity index is 555. The first-order valence-corrected chi connectivity index (χ1v) is 7.69. The van der Waals surface area contributed by atoms with Crippen LogP contribution in [0.3, 0.4) is 0 Å². The second-order valence-electron chi connectivity index (χ2n) is 5.68. The highest BCUT2D eigenvalue weighted by Crippen LogP contribution is 2.14. The standard InChI is InChI=1S/C20H25N/c1-21(2)17-9-8-14-19-12-6-7-13-20(19)16-15-18-10-4-3-5-11-18/h3-8,10-14H,9,15-17H2,1-2H3/b14-8+. The molecular weight excluding hydrogens is 254 g/mol. The van der Waals surface area contributed by atoms with Gasteiger partial charge in [0.25, 0.3) is 0 Å². The van der Waals surface area contributed by atoms with Gasteiger partial charge in [-0.15, -0.1) is 0 Å². The fourth-order valence-corrected chi connectivity index (χ4v) is 2.39. The van der Waals surface area contributed by atoms with Gasteiger partial charge in [-0.1, -0.05) is 66.7 Å². The second-order valence-corrected chi connectivity index (χ2v) is 5.68. The van der Waals surface area contributed by atoms with Crippen molar-refractivity contribution in [3.63, 3.8) is 0 Å². The van der Waals surface area contributed by atoms with Crippen molar-refractivity contribution in [3.05, 3.63) is 77.4 Å². The molecule has 0 amide bonds. The van der Waals surface area contributed by atoms with Crippen LogP contribution in [0.2, 0.25) is 0 Å². The van der Waals surface area contributed by atoms with E-state index in [2.05, 4.69) is 85.7 Å². The first-order valence-electron chi connectivity index (χ1n) is 7.69. The lowest BCUT2D eigenvalue weighted by Crippen LogP contribution is -2.11. The molecule has 1 nitrogen and oxygen atoms in total. The smallest absolute Gasteiger partial charge is 0.000992 e. The first kappa shape index (κ1) is 15.5. The van der Waals surface area contributed by atoms with E-state index in [-0.39, 0.29) is 0 Å². The lowest BCUT2D eigenvalue weighted by atomic mass is 9.99. The third kappa shape index (κ3) is 5.57. The zero-order chi connectivity index (χ0) is 14.9. The molecule has 1 heteroatoms. The monoisotopic (exact) mass is 279 g/mol. The topological polar surface area (TPSA) is 3.24 Å². The van der Waals surface area contributed by atoms with Crippen LogP contribution in [-0.2, 0) is 12.8 Å². The number of rotatable bonds is 7. The highest BCUT2D eigenvalue weighted by atomic mass is 15.0. The molecule has 0 N–H and O–H groups in total. The summed E-state index contributed by atoms with van der Waals surface area (Å²) in [5, 5.41) is 0. The van der Waals surface area contributed by atoms with Crippen molar-refractivity contribution in [1.82, 2.24) is 4.90 Å². The van der Waals surface area contributed by atoms with Crippen LogP contribution in [0, 0.1) is 0 Å². The van der Waals surface area contributed by atoms with Crippen LogP contribution in [-0.4, -0.2) is 25.5 Å². The average Bonchev–Trinajstić information content (AvgIpc) is 2.51. The van der Waals surface area contributed by atoms with Crippen LogP contribution < -0.4 is 0 Å². The van der Waals surface area contributed by atoms with E-state index in [0.717, 1.165) is 25.8 Å². The third-order valence-corrected chi connectivity index (χ3v) is 3.62. The van der Waals surface area contributed by atoms with E-state index >= 15 is 0 Å². The fraction of sp³-hybridized carbons (Fsp3) is 0.300. The molecule has 0 fully saturated rings. The molecule has 0 aliphatic heterocycles. The van der Waals surface area contributed by atoms with Crippen LogP contribution in [0.15, 0.2) is 60.7 Å². The molecule has 0 atom stereocenters. The number of benzene rings is 2. The molecule has 21 heavy (non-hydrogen) atoms. The zero-order valence-corrected chi connectivity index (χ0v) is 13.1. The van der Waals surface area contributed by atoms with E-state index in [4.69, 9.17) is 0 Å². The van der Waals surface area contributed by atoms with Gasteiger partial charge in [0, 0.05) is 6.54 Å². The molecule has 0 aliphatic rings. The summed E-state index contributed by atoms with van der Waals surface area (Å²) < 4.78 is 0. The molecular formula is C20H25N. The number of hydrogen-bond acceptors (Lipinski definition) is 1. The van der Waals surface area contributed by atoms with Gasteiger partial charge in [-0.25, -0.2) is 0 Å². The molecule has 0 saturated heterocycles. The van der Waals surface area contributed by atoms with Crippen molar-refractivity contribution in [3.8, 4) is 0 Å². The number of hydrogen-bond donors (Lipinski definition) is 0. The molecule has 0 unspecified atom stereocenters. The first-order chi connectivity index (χ1) is 10.3. The predicted molar refractivity (Wildman–Crippen MR) is 92.5 cm³/mol. The third-order valence-electron chi connectivity index (χ3n) is 3.62. The molecule has 2 aromatic rings. The van der Waals surface area contributed by atoms with Crippen molar-refractivity contribution in [2.24, 2.45) is 0 Å². The minimum atomic E-state index is 1.10. The summed E-state index contributed by atoms with van der Waals surface area (Å²) in [5.41, 5.74) is 4.19. The largest absolute Gasteiger partial charge is 0.309 e. The molecule has 110 valence electrons. The van der Waals surface area contributed by atoms with Gasteiger partial charge in [0.15, 0.2) is 0 Å². The van der Waals surface area contributed by atoms with Crippen molar-refractivity contribution < 1.29 is 0 Å². The van der Waals surface area contributed by atoms with E-state index in [0.29, 0.717) is 0 Å². The minimum Gasteiger partial charge on any atom is -0.309 e. The van der Waals surface area contributed by atoms with Gasteiger partial charge >= 0.3 is 0 Å². The molecule has 0 aromatic heterocycles. The quantitative estimate of drug-likeness (QED) is 0.724. The van der Waals surface area contributed by atoms with Gasteiger partial charge in [-0.2, -0.15) is 0 Å².